The zero-order valence-corrected chi connectivity index (χ0v) is 17.2. The highest BCUT2D eigenvalue weighted by Gasteiger charge is 2.56. The van der Waals surface area contributed by atoms with E-state index >= 15 is 0 Å². The highest BCUT2D eigenvalue weighted by atomic mass is 16.2. The molecule has 1 saturated carbocycles. The molecule has 0 unspecified atom stereocenters. The smallest absolute Gasteiger partial charge is 0.325 e. The molecule has 2 heterocycles. The number of carbonyl (C=O) groups is 4. The lowest BCUT2D eigenvalue weighted by molar-refractivity contribution is -0.137. The zero-order valence-electron chi connectivity index (χ0n) is 17.2. The summed E-state index contributed by atoms with van der Waals surface area (Å²) in [6.45, 7) is 7.78. The van der Waals surface area contributed by atoms with Gasteiger partial charge in [0.05, 0.1) is 0 Å². The van der Waals surface area contributed by atoms with Gasteiger partial charge in [-0.1, -0.05) is 20.8 Å². The molecule has 2 N–H and O–H groups in total. The van der Waals surface area contributed by atoms with Crippen LogP contribution in [0.2, 0.25) is 0 Å². The van der Waals surface area contributed by atoms with Gasteiger partial charge < -0.3 is 15.5 Å². The second kappa shape index (κ2) is 7.72. The van der Waals surface area contributed by atoms with Crippen molar-refractivity contribution in [1.82, 2.24) is 20.4 Å². The molecule has 156 valence electrons. The lowest BCUT2D eigenvalue weighted by Gasteiger charge is -2.43. The van der Waals surface area contributed by atoms with Crippen molar-refractivity contribution in [2.75, 3.05) is 26.2 Å². The minimum absolute atomic E-state index is 0.0326. The zero-order chi connectivity index (χ0) is 20.5. The summed E-state index contributed by atoms with van der Waals surface area (Å²) in [6.07, 6.45) is 4.48. The van der Waals surface area contributed by atoms with E-state index in [2.05, 4.69) is 31.4 Å². The summed E-state index contributed by atoms with van der Waals surface area (Å²) in [4.78, 5) is 52.5. The van der Waals surface area contributed by atoms with Crippen molar-refractivity contribution in [3.8, 4) is 0 Å². The van der Waals surface area contributed by atoms with Crippen molar-refractivity contribution in [3.05, 3.63) is 0 Å². The van der Waals surface area contributed by atoms with Crippen LogP contribution in [0.1, 0.15) is 59.3 Å². The number of hydrogen-bond donors (Lipinski definition) is 2. The molecule has 2 aliphatic heterocycles. The molecule has 2 atom stereocenters. The SMILES string of the molecule is C[C@H]1CC(C)(C)C[C@]2(C1)NC(=O)N(CC(=O)NCCC(=O)N1CCCC1)C2=O. The average molecular weight is 393 g/mol. The van der Waals surface area contributed by atoms with E-state index in [1.54, 1.807) is 4.90 Å². The topological polar surface area (TPSA) is 98.8 Å². The number of hydrogen-bond acceptors (Lipinski definition) is 4. The average Bonchev–Trinajstić information content (AvgIpc) is 3.17. The van der Waals surface area contributed by atoms with Crippen molar-refractivity contribution in [3.63, 3.8) is 0 Å². The predicted molar refractivity (Wildman–Crippen MR) is 103 cm³/mol. The maximum atomic E-state index is 13.0. The summed E-state index contributed by atoms with van der Waals surface area (Å²) < 4.78 is 0. The molecule has 0 bridgehead atoms. The third-order valence-corrected chi connectivity index (χ3v) is 6.05. The maximum Gasteiger partial charge on any atom is 0.325 e. The second-order valence-electron chi connectivity index (χ2n) is 9.45. The van der Waals surface area contributed by atoms with Gasteiger partial charge in [0, 0.05) is 26.1 Å². The highest BCUT2D eigenvalue weighted by molar-refractivity contribution is 6.09. The van der Waals surface area contributed by atoms with E-state index in [0.29, 0.717) is 18.8 Å². The van der Waals surface area contributed by atoms with Crippen LogP contribution in [0.25, 0.3) is 0 Å². The monoisotopic (exact) mass is 392 g/mol. The van der Waals surface area contributed by atoms with Crippen LogP contribution in [-0.4, -0.2) is 65.3 Å². The molecule has 0 aromatic heterocycles. The molecule has 0 aromatic rings. The van der Waals surface area contributed by atoms with Gasteiger partial charge >= 0.3 is 6.03 Å². The molecule has 5 amide bonds. The summed E-state index contributed by atoms with van der Waals surface area (Å²) in [5.74, 6) is -0.373. The fourth-order valence-corrected chi connectivity index (χ4v) is 5.28. The normalized spacial score (nSPS) is 29.3. The Morgan fingerprint density at radius 1 is 1.18 bits per heavy atom. The molecule has 2 saturated heterocycles. The minimum atomic E-state index is -0.899. The van der Waals surface area contributed by atoms with Crippen LogP contribution in [0.4, 0.5) is 4.79 Å². The first kappa shape index (κ1) is 20.6. The van der Waals surface area contributed by atoms with Gasteiger partial charge in [-0.05, 0) is 43.4 Å². The number of carbonyl (C=O) groups excluding carboxylic acids is 4. The van der Waals surface area contributed by atoms with E-state index < -0.39 is 17.5 Å². The number of likely N-dealkylation sites (tertiary alicyclic amines) is 1. The van der Waals surface area contributed by atoms with Gasteiger partial charge in [-0.25, -0.2) is 4.79 Å². The van der Waals surface area contributed by atoms with Crippen molar-refractivity contribution >= 4 is 23.8 Å². The molecular weight excluding hydrogens is 360 g/mol. The molecule has 0 radical (unpaired) electrons. The molecule has 8 heteroatoms. The summed E-state index contributed by atoms with van der Waals surface area (Å²) in [5.41, 5.74) is -0.945. The first-order chi connectivity index (χ1) is 13.1. The van der Waals surface area contributed by atoms with E-state index in [1.807, 2.05) is 0 Å². The predicted octanol–water partition coefficient (Wildman–Crippen LogP) is 1.25. The number of nitrogens with zero attached hydrogens (tertiary/aromatic N) is 2. The van der Waals surface area contributed by atoms with E-state index in [4.69, 9.17) is 0 Å². The van der Waals surface area contributed by atoms with Crippen LogP contribution in [0.15, 0.2) is 0 Å². The van der Waals surface area contributed by atoms with Crippen LogP contribution in [0.5, 0.6) is 0 Å². The van der Waals surface area contributed by atoms with Gasteiger partial charge in [-0.2, -0.15) is 0 Å². The first-order valence-corrected chi connectivity index (χ1v) is 10.3. The Morgan fingerprint density at radius 3 is 2.50 bits per heavy atom. The van der Waals surface area contributed by atoms with E-state index in [9.17, 15) is 19.2 Å². The third-order valence-electron chi connectivity index (χ3n) is 6.05. The molecule has 3 fully saturated rings. The summed E-state index contributed by atoms with van der Waals surface area (Å²) in [7, 11) is 0. The lowest BCUT2D eigenvalue weighted by Crippen LogP contribution is -2.54. The van der Waals surface area contributed by atoms with Crippen LogP contribution in [0.3, 0.4) is 0 Å². The molecule has 0 aromatic carbocycles. The molecule has 3 aliphatic rings. The van der Waals surface area contributed by atoms with Gasteiger partial charge in [0.15, 0.2) is 0 Å². The third kappa shape index (κ3) is 4.31. The molecule has 1 spiro atoms. The molecule has 3 rings (SSSR count). The van der Waals surface area contributed by atoms with Crippen molar-refractivity contribution in [2.45, 2.75) is 64.8 Å². The number of nitrogens with one attached hydrogen (secondary N) is 2. The van der Waals surface area contributed by atoms with E-state index in [0.717, 1.165) is 37.3 Å². The van der Waals surface area contributed by atoms with Gasteiger partial charge in [0.2, 0.25) is 11.8 Å². The number of imide groups is 1. The first-order valence-electron chi connectivity index (χ1n) is 10.3. The summed E-state index contributed by atoms with van der Waals surface area (Å²) >= 11 is 0. The molecule has 8 nitrogen and oxygen atoms in total. The van der Waals surface area contributed by atoms with Crippen molar-refractivity contribution in [1.29, 1.82) is 0 Å². The van der Waals surface area contributed by atoms with Crippen LogP contribution in [0, 0.1) is 11.3 Å². The fourth-order valence-electron chi connectivity index (χ4n) is 5.28. The number of amides is 5. The standard InChI is InChI=1S/C20H32N4O4/c1-14-10-19(2,3)13-20(11-14)17(27)24(18(28)22-20)12-15(25)21-7-6-16(26)23-8-4-5-9-23/h14H,4-13H2,1-3H3,(H,21,25)(H,22,28)/t14-,20-/m0/s1. The van der Waals surface area contributed by atoms with Crippen molar-refractivity contribution < 1.29 is 19.2 Å². The Hall–Kier alpha value is -2.12. The van der Waals surface area contributed by atoms with Gasteiger partial charge in [-0.3, -0.25) is 19.3 Å². The van der Waals surface area contributed by atoms with Crippen LogP contribution in [-0.2, 0) is 14.4 Å². The van der Waals surface area contributed by atoms with E-state index in [1.165, 1.54) is 0 Å². The highest BCUT2D eigenvalue weighted by Crippen LogP contribution is 2.46. The van der Waals surface area contributed by atoms with Gasteiger partial charge in [-0.15, -0.1) is 0 Å². The minimum Gasteiger partial charge on any atom is -0.354 e. The molecular formula is C20H32N4O4. The summed E-state index contributed by atoms with van der Waals surface area (Å²) in [5, 5.41) is 5.53. The maximum absolute atomic E-state index is 13.0. The Bertz CT molecular complexity index is 671. The molecule has 1 aliphatic carbocycles. The Labute approximate surface area is 166 Å². The lowest BCUT2D eigenvalue weighted by atomic mass is 9.64. The fraction of sp³-hybridized carbons (Fsp3) is 0.800. The largest absolute Gasteiger partial charge is 0.354 e. The number of urea groups is 1. The quantitative estimate of drug-likeness (QED) is 0.688. The Kier molecular flexibility index (Phi) is 5.68. The summed E-state index contributed by atoms with van der Waals surface area (Å²) in [6, 6.07) is -0.502. The Balaban J connectivity index is 1.52. The van der Waals surface area contributed by atoms with Crippen LogP contribution >= 0.6 is 0 Å². The van der Waals surface area contributed by atoms with Crippen molar-refractivity contribution in [2.24, 2.45) is 11.3 Å². The van der Waals surface area contributed by atoms with E-state index in [-0.39, 0.29) is 36.7 Å². The van der Waals surface area contributed by atoms with Crippen LogP contribution < -0.4 is 10.6 Å². The Morgan fingerprint density at radius 2 is 1.86 bits per heavy atom. The van der Waals surface area contributed by atoms with Gasteiger partial charge in [0.1, 0.15) is 12.1 Å². The van der Waals surface area contributed by atoms with Gasteiger partial charge in [0.25, 0.3) is 5.91 Å². The number of rotatable bonds is 5. The second-order valence-corrected chi connectivity index (χ2v) is 9.45. The molecule has 28 heavy (non-hydrogen) atoms.